The molecule has 0 amide bonds. The lowest BCUT2D eigenvalue weighted by Gasteiger charge is -2.07. The molecule has 0 aliphatic heterocycles. The fourth-order valence-corrected chi connectivity index (χ4v) is 2.67. The smallest absolute Gasteiger partial charge is 0.254 e. The Hall–Kier alpha value is -3.21. The number of nitrogens with zero attached hydrogens (tertiary/aromatic N) is 2. The van der Waals surface area contributed by atoms with E-state index in [9.17, 15) is 4.39 Å². The first-order chi connectivity index (χ1) is 12.2. The van der Waals surface area contributed by atoms with Crippen molar-refractivity contribution in [2.45, 2.75) is 13.5 Å². The average molecular weight is 334 g/mol. The van der Waals surface area contributed by atoms with Crippen LogP contribution in [0.2, 0.25) is 0 Å². The first kappa shape index (κ1) is 15.3. The molecule has 4 rings (SSSR count). The summed E-state index contributed by atoms with van der Waals surface area (Å²) in [7, 11) is 0. The maximum atomic E-state index is 13.4. The second-order valence-corrected chi connectivity index (χ2v) is 5.73. The van der Waals surface area contributed by atoms with Crippen LogP contribution in [-0.2, 0) is 6.61 Å². The summed E-state index contributed by atoms with van der Waals surface area (Å²) in [6.45, 7) is 1.86. The second kappa shape index (κ2) is 6.36. The number of benzene rings is 3. The molecule has 0 spiro atoms. The van der Waals surface area contributed by atoms with Crippen molar-refractivity contribution in [3.63, 3.8) is 0 Å². The van der Waals surface area contributed by atoms with E-state index in [1.54, 1.807) is 19.1 Å². The van der Waals surface area contributed by atoms with E-state index in [4.69, 9.17) is 9.15 Å². The second-order valence-electron chi connectivity index (χ2n) is 5.73. The predicted molar refractivity (Wildman–Crippen MR) is 92.7 cm³/mol. The molecule has 4 aromatic rings. The molecule has 0 unspecified atom stereocenters. The molecule has 5 heteroatoms. The Kier molecular flexibility index (Phi) is 3.90. The minimum Gasteiger partial charge on any atom is -0.483 e. The van der Waals surface area contributed by atoms with Gasteiger partial charge in [0.15, 0.2) is 6.61 Å². The van der Waals surface area contributed by atoms with Gasteiger partial charge in [-0.1, -0.05) is 36.4 Å². The largest absolute Gasteiger partial charge is 0.483 e. The first-order valence-corrected chi connectivity index (χ1v) is 7.90. The van der Waals surface area contributed by atoms with Gasteiger partial charge in [-0.05, 0) is 42.1 Å². The van der Waals surface area contributed by atoms with Gasteiger partial charge in [0.25, 0.3) is 5.89 Å². The number of rotatable bonds is 4. The zero-order valence-corrected chi connectivity index (χ0v) is 13.6. The SMILES string of the molecule is Cc1cc(-c2nnc(COc3cccc4ccccc34)o2)ccc1F. The quantitative estimate of drug-likeness (QED) is 0.532. The zero-order chi connectivity index (χ0) is 17.2. The van der Waals surface area contributed by atoms with Crippen LogP contribution in [0.25, 0.3) is 22.2 Å². The van der Waals surface area contributed by atoms with Gasteiger partial charge < -0.3 is 9.15 Å². The summed E-state index contributed by atoms with van der Waals surface area (Å²) in [5, 5.41) is 10.1. The molecule has 0 saturated heterocycles. The predicted octanol–water partition coefficient (Wildman–Crippen LogP) is 4.92. The molecule has 124 valence electrons. The van der Waals surface area contributed by atoms with Crippen molar-refractivity contribution in [3.05, 3.63) is 77.9 Å². The lowest BCUT2D eigenvalue weighted by atomic mass is 10.1. The van der Waals surface area contributed by atoms with E-state index in [2.05, 4.69) is 10.2 Å². The third kappa shape index (κ3) is 3.08. The van der Waals surface area contributed by atoms with Crippen LogP contribution in [0.15, 0.2) is 65.1 Å². The van der Waals surface area contributed by atoms with Crippen molar-refractivity contribution in [1.29, 1.82) is 0 Å². The number of halogens is 1. The Bertz CT molecular complexity index is 1040. The molecule has 1 heterocycles. The maximum absolute atomic E-state index is 13.4. The van der Waals surface area contributed by atoms with Gasteiger partial charge >= 0.3 is 0 Å². The normalized spacial score (nSPS) is 11.0. The summed E-state index contributed by atoms with van der Waals surface area (Å²) >= 11 is 0. The van der Waals surface area contributed by atoms with Crippen molar-refractivity contribution in [1.82, 2.24) is 10.2 Å². The molecule has 3 aromatic carbocycles. The van der Waals surface area contributed by atoms with Gasteiger partial charge in [-0.15, -0.1) is 10.2 Å². The van der Waals surface area contributed by atoms with Crippen molar-refractivity contribution in [2.24, 2.45) is 0 Å². The molecule has 1 aromatic heterocycles. The van der Waals surface area contributed by atoms with Crippen LogP contribution in [0, 0.1) is 12.7 Å². The molecular formula is C20H15FN2O2. The van der Waals surface area contributed by atoms with Gasteiger partial charge in [-0.3, -0.25) is 0 Å². The lowest BCUT2D eigenvalue weighted by molar-refractivity contribution is 0.267. The number of hydrogen-bond acceptors (Lipinski definition) is 4. The third-order valence-electron chi connectivity index (χ3n) is 3.97. The Labute approximate surface area is 143 Å². The first-order valence-electron chi connectivity index (χ1n) is 7.90. The number of aryl methyl sites for hydroxylation is 1. The fourth-order valence-electron chi connectivity index (χ4n) is 2.67. The Morgan fingerprint density at radius 1 is 1.00 bits per heavy atom. The van der Waals surface area contributed by atoms with Crippen molar-refractivity contribution < 1.29 is 13.5 Å². The standard InChI is InChI=1S/C20H15FN2O2/c1-13-11-15(9-10-17(13)21)20-23-22-19(25-20)12-24-18-8-4-6-14-5-2-3-7-16(14)18/h2-11H,12H2,1H3. The average Bonchev–Trinajstić information content (AvgIpc) is 3.11. The summed E-state index contributed by atoms with van der Waals surface area (Å²) in [5.41, 5.74) is 1.21. The van der Waals surface area contributed by atoms with E-state index in [1.165, 1.54) is 6.07 Å². The van der Waals surface area contributed by atoms with Crippen LogP contribution in [0.4, 0.5) is 4.39 Å². The highest BCUT2D eigenvalue weighted by molar-refractivity contribution is 5.88. The molecule has 0 bridgehead atoms. The molecule has 0 saturated carbocycles. The van der Waals surface area contributed by atoms with Crippen LogP contribution in [0.1, 0.15) is 11.5 Å². The highest BCUT2D eigenvalue weighted by Gasteiger charge is 2.11. The molecule has 0 aliphatic carbocycles. The zero-order valence-electron chi connectivity index (χ0n) is 13.6. The summed E-state index contributed by atoms with van der Waals surface area (Å²) in [6, 6.07) is 18.6. The highest BCUT2D eigenvalue weighted by Crippen LogP contribution is 2.26. The number of fused-ring (bicyclic) bond motifs is 1. The summed E-state index contributed by atoms with van der Waals surface area (Å²) in [5.74, 6) is 1.21. The van der Waals surface area contributed by atoms with Crippen molar-refractivity contribution >= 4 is 10.8 Å². The Morgan fingerprint density at radius 3 is 2.72 bits per heavy atom. The van der Waals surface area contributed by atoms with E-state index in [0.29, 0.717) is 22.9 Å². The van der Waals surface area contributed by atoms with E-state index < -0.39 is 0 Å². The van der Waals surface area contributed by atoms with Gasteiger partial charge in [0.2, 0.25) is 5.89 Å². The van der Waals surface area contributed by atoms with Gasteiger partial charge in [0, 0.05) is 10.9 Å². The Morgan fingerprint density at radius 2 is 1.84 bits per heavy atom. The number of aromatic nitrogens is 2. The molecule has 0 N–H and O–H groups in total. The van der Waals surface area contributed by atoms with Crippen LogP contribution >= 0.6 is 0 Å². The van der Waals surface area contributed by atoms with Gasteiger partial charge in [0.05, 0.1) is 0 Å². The van der Waals surface area contributed by atoms with Crippen molar-refractivity contribution in [2.75, 3.05) is 0 Å². The maximum Gasteiger partial charge on any atom is 0.254 e. The molecule has 0 atom stereocenters. The van der Waals surface area contributed by atoms with Crippen LogP contribution in [-0.4, -0.2) is 10.2 Å². The topological polar surface area (TPSA) is 48.2 Å². The molecule has 0 radical (unpaired) electrons. The minimum atomic E-state index is -0.261. The van der Waals surface area contributed by atoms with Gasteiger partial charge in [0.1, 0.15) is 11.6 Å². The number of ether oxygens (including phenoxy) is 1. The fraction of sp³-hybridized carbons (Fsp3) is 0.100. The van der Waals surface area contributed by atoms with E-state index >= 15 is 0 Å². The third-order valence-corrected chi connectivity index (χ3v) is 3.97. The summed E-state index contributed by atoms with van der Waals surface area (Å²) in [4.78, 5) is 0. The number of hydrogen-bond donors (Lipinski definition) is 0. The van der Waals surface area contributed by atoms with Crippen LogP contribution in [0.3, 0.4) is 0 Å². The van der Waals surface area contributed by atoms with E-state index in [0.717, 1.165) is 16.5 Å². The highest BCUT2D eigenvalue weighted by atomic mass is 19.1. The monoisotopic (exact) mass is 334 g/mol. The minimum absolute atomic E-state index is 0.168. The lowest BCUT2D eigenvalue weighted by Crippen LogP contribution is -1.96. The van der Waals surface area contributed by atoms with Crippen LogP contribution in [0.5, 0.6) is 5.75 Å². The van der Waals surface area contributed by atoms with Gasteiger partial charge in [-0.2, -0.15) is 0 Å². The van der Waals surface area contributed by atoms with E-state index in [1.807, 2.05) is 42.5 Å². The summed E-state index contributed by atoms with van der Waals surface area (Å²) < 4.78 is 24.8. The molecule has 0 aliphatic rings. The van der Waals surface area contributed by atoms with Gasteiger partial charge in [-0.25, -0.2) is 4.39 Å². The molecule has 0 fully saturated rings. The Balaban J connectivity index is 1.54. The van der Waals surface area contributed by atoms with Crippen molar-refractivity contribution in [3.8, 4) is 17.2 Å². The van der Waals surface area contributed by atoms with Crippen LogP contribution < -0.4 is 4.74 Å². The van der Waals surface area contributed by atoms with E-state index in [-0.39, 0.29) is 12.4 Å². The molecular weight excluding hydrogens is 319 g/mol. The summed E-state index contributed by atoms with van der Waals surface area (Å²) in [6.07, 6.45) is 0. The molecule has 4 nitrogen and oxygen atoms in total. The molecule has 25 heavy (non-hydrogen) atoms.